The van der Waals surface area contributed by atoms with Gasteiger partial charge in [0.25, 0.3) is 5.91 Å². The first-order valence-electron chi connectivity index (χ1n) is 5.15. The van der Waals surface area contributed by atoms with Crippen LogP contribution in [0.15, 0.2) is 47.1 Å². The highest BCUT2D eigenvalue weighted by atomic mass is 79.9. The Morgan fingerprint density at radius 2 is 1.94 bits per heavy atom. The minimum absolute atomic E-state index is 0.122. The minimum atomic E-state index is -0.122. The van der Waals surface area contributed by atoms with E-state index in [0.717, 1.165) is 15.9 Å². The number of hydrogen-bond donors (Lipinski definition) is 1. The Bertz CT molecular complexity index is 537. The molecule has 1 N–H and O–H groups in total. The quantitative estimate of drug-likeness (QED) is 0.921. The Morgan fingerprint density at radius 3 is 2.59 bits per heavy atom. The normalized spacial score (nSPS) is 10.0. The van der Waals surface area contributed by atoms with Crippen LogP contribution < -0.4 is 5.32 Å². The van der Waals surface area contributed by atoms with Crippen molar-refractivity contribution in [3.63, 3.8) is 0 Å². The SMILES string of the molecule is Cc1cc(NC(=O)c2ccc(Br)cc2)ccn1. The van der Waals surface area contributed by atoms with Crippen molar-refractivity contribution in [2.75, 3.05) is 5.32 Å². The summed E-state index contributed by atoms with van der Waals surface area (Å²) in [6.45, 7) is 1.88. The highest BCUT2D eigenvalue weighted by molar-refractivity contribution is 9.10. The highest BCUT2D eigenvalue weighted by Gasteiger charge is 2.05. The topological polar surface area (TPSA) is 42.0 Å². The molecule has 1 amide bonds. The summed E-state index contributed by atoms with van der Waals surface area (Å²) < 4.78 is 0.953. The van der Waals surface area contributed by atoms with E-state index in [9.17, 15) is 4.79 Å². The molecule has 17 heavy (non-hydrogen) atoms. The van der Waals surface area contributed by atoms with Gasteiger partial charge in [-0.2, -0.15) is 0 Å². The summed E-state index contributed by atoms with van der Waals surface area (Å²) in [5.41, 5.74) is 2.26. The Kier molecular flexibility index (Phi) is 3.54. The highest BCUT2D eigenvalue weighted by Crippen LogP contribution is 2.13. The van der Waals surface area contributed by atoms with Gasteiger partial charge in [0, 0.05) is 27.6 Å². The number of carbonyl (C=O) groups excluding carboxylic acids is 1. The molecule has 0 fully saturated rings. The number of benzene rings is 1. The number of amides is 1. The lowest BCUT2D eigenvalue weighted by molar-refractivity contribution is 0.102. The van der Waals surface area contributed by atoms with Gasteiger partial charge in [0.15, 0.2) is 0 Å². The second-order valence-corrected chi connectivity index (χ2v) is 4.56. The third-order valence-corrected chi connectivity index (χ3v) is 2.79. The van der Waals surface area contributed by atoms with Gasteiger partial charge in [-0.3, -0.25) is 9.78 Å². The molecule has 0 saturated carbocycles. The zero-order valence-electron chi connectivity index (χ0n) is 9.27. The Hall–Kier alpha value is -1.68. The maximum absolute atomic E-state index is 11.9. The molecule has 1 aromatic carbocycles. The Balaban J connectivity index is 2.14. The van der Waals surface area contributed by atoms with Crippen molar-refractivity contribution in [3.05, 3.63) is 58.3 Å². The van der Waals surface area contributed by atoms with E-state index >= 15 is 0 Å². The first-order chi connectivity index (χ1) is 8.15. The van der Waals surface area contributed by atoms with Gasteiger partial charge in [0.1, 0.15) is 0 Å². The van der Waals surface area contributed by atoms with Crippen LogP contribution in [0.3, 0.4) is 0 Å². The van der Waals surface area contributed by atoms with Crippen LogP contribution >= 0.6 is 15.9 Å². The molecule has 0 saturated heterocycles. The number of pyridine rings is 1. The van der Waals surface area contributed by atoms with E-state index < -0.39 is 0 Å². The molecule has 3 nitrogen and oxygen atoms in total. The zero-order chi connectivity index (χ0) is 12.3. The van der Waals surface area contributed by atoms with Gasteiger partial charge in [0.2, 0.25) is 0 Å². The lowest BCUT2D eigenvalue weighted by atomic mass is 10.2. The Labute approximate surface area is 108 Å². The van der Waals surface area contributed by atoms with E-state index in [-0.39, 0.29) is 5.91 Å². The standard InChI is InChI=1S/C13H11BrN2O/c1-9-8-12(6-7-15-9)16-13(17)10-2-4-11(14)5-3-10/h2-8H,1H3,(H,15,16,17). The fraction of sp³-hybridized carbons (Fsp3) is 0.0769. The van der Waals surface area contributed by atoms with Crippen molar-refractivity contribution in [1.29, 1.82) is 0 Å². The number of rotatable bonds is 2. The van der Waals surface area contributed by atoms with E-state index in [4.69, 9.17) is 0 Å². The van der Waals surface area contributed by atoms with E-state index in [1.807, 2.05) is 25.1 Å². The van der Waals surface area contributed by atoms with E-state index in [2.05, 4.69) is 26.2 Å². The molecule has 0 aliphatic rings. The molecule has 0 aliphatic heterocycles. The number of nitrogens with one attached hydrogen (secondary N) is 1. The van der Waals surface area contributed by atoms with Gasteiger partial charge in [-0.1, -0.05) is 15.9 Å². The van der Waals surface area contributed by atoms with Crippen molar-refractivity contribution < 1.29 is 4.79 Å². The zero-order valence-corrected chi connectivity index (χ0v) is 10.9. The monoisotopic (exact) mass is 290 g/mol. The fourth-order valence-electron chi connectivity index (χ4n) is 1.43. The first-order valence-corrected chi connectivity index (χ1v) is 5.94. The summed E-state index contributed by atoms with van der Waals surface area (Å²) in [4.78, 5) is 16.0. The molecule has 4 heteroatoms. The van der Waals surface area contributed by atoms with E-state index in [1.54, 1.807) is 24.4 Å². The van der Waals surface area contributed by atoms with Gasteiger partial charge < -0.3 is 5.32 Å². The van der Waals surface area contributed by atoms with Crippen molar-refractivity contribution in [2.24, 2.45) is 0 Å². The molecular formula is C13H11BrN2O. The van der Waals surface area contributed by atoms with Crippen molar-refractivity contribution in [2.45, 2.75) is 6.92 Å². The van der Waals surface area contributed by atoms with Crippen LogP contribution in [0.4, 0.5) is 5.69 Å². The minimum Gasteiger partial charge on any atom is -0.322 e. The number of halogens is 1. The van der Waals surface area contributed by atoms with Gasteiger partial charge >= 0.3 is 0 Å². The third kappa shape index (κ3) is 3.14. The lowest BCUT2D eigenvalue weighted by Crippen LogP contribution is -2.11. The van der Waals surface area contributed by atoms with Crippen molar-refractivity contribution in [1.82, 2.24) is 4.98 Å². The van der Waals surface area contributed by atoms with Crippen LogP contribution in [0.5, 0.6) is 0 Å². The molecule has 86 valence electrons. The van der Waals surface area contributed by atoms with Crippen LogP contribution in [0.1, 0.15) is 16.1 Å². The van der Waals surface area contributed by atoms with Gasteiger partial charge in [-0.25, -0.2) is 0 Å². The predicted octanol–water partition coefficient (Wildman–Crippen LogP) is 3.40. The number of aryl methyl sites for hydroxylation is 1. The number of nitrogens with zero attached hydrogens (tertiary/aromatic N) is 1. The number of carbonyl (C=O) groups is 1. The van der Waals surface area contributed by atoms with Gasteiger partial charge in [0.05, 0.1) is 0 Å². The van der Waals surface area contributed by atoms with Gasteiger partial charge in [-0.05, 0) is 43.3 Å². The predicted molar refractivity (Wildman–Crippen MR) is 71.1 cm³/mol. The summed E-state index contributed by atoms with van der Waals surface area (Å²) in [5, 5.41) is 2.82. The average molecular weight is 291 g/mol. The molecular weight excluding hydrogens is 280 g/mol. The smallest absolute Gasteiger partial charge is 0.255 e. The summed E-state index contributed by atoms with van der Waals surface area (Å²) >= 11 is 3.33. The summed E-state index contributed by atoms with van der Waals surface area (Å²) in [6, 6.07) is 10.8. The lowest BCUT2D eigenvalue weighted by Gasteiger charge is -2.05. The van der Waals surface area contributed by atoms with Gasteiger partial charge in [-0.15, -0.1) is 0 Å². The first kappa shape index (κ1) is 11.8. The largest absolute Gasteiger partial charge is 0.322 e. The summed E-state index contributed by atoms with van der Waals surface area (Å²) in [5.74, 6) is -0.122. The van der Waals surface area contributed by atoms with E-state index in [0.29, 0.717) is 5.56 Å². The molecule has 0 bridgehead atoms. The molecule has 2 aromatic rings. The number of hydrogen-bond acceptors (Lipinski definition) is 2. The second-order valence-electron chi connectivity index (χ2n) is 3.65. The van der Waals surface area contributed by atoms with Crippen LogP contribution in [0, 0.1) is 6.92 Å². The second kappa shape index (κ2) is 5.10. The average Bonchev–Trinajstić information content (AvgIpc) is 2.29. The van der Waals surface area contributed by atoms with Crippen LogP contribution in [-0.2, 0) is 0 Å². The van der Waals surface area contributed by atoms with Crippen LogP contribution in [0.25, 0.3) is 0 Å². The number of anilines is 1. The third-order valence-electron chi connectivity index (χ3n) is 2.26. The molecule has 2 rings (SSSR count). The van der Waals surface area contributed by atoms with Crippen LogP contribution in [0.2, 0.25) is 0 Å². The molecule has 1 heterocycles. The fourth-order valence-corrected chi connectivity index (χ4v) is 1.69. The number of aromatic nitrogens is 1. The molecule has 0 unspecified atom stereocenters. The molecule has 0 radical (unpaired) electrons. The Morgan fingerprint density at radius 1 is 1.24 bits per heavy atom. The summed E-state index contributed by atoms with van der Waals surface area (Å²) in [6.07, 6.45) is 1.67. The van der Waals surface area contributed by atoms with Crippen molar-refractivity contribution >= 4 is 27.5 Å². The van der Waals surface area contributed by atoms with Crippen molar-refractivity contribution in [3.8, 4) is 0 Å². The van der Waals surface area contributed by atoms with Crippen LogP contribution in [-0.4, -0.2) is 10.9 Å². The molecule has 0 spiro atoms. The summed E-state index contributed by atoms with van der Waals surface area (Å²) in [7, 11) is 0. The maximum atomic E-state index is 11.9. The molecule has 0 aliphatic carbocycles. The molecule has 1 aromatic heterocycles. The van der Waals surface area contributed by atoms with E-state index in [1.165, 1.54) is 0 Å². The maximum Gasteiger partial charge on any atom is 0.255 e. The molecule has 0 atom stereocenters.